The van der Waals surface area contributed by atoms with Gasteiger partial charge in [0.1, 0.15) is 0 Å². The van der Waals surface area contributed by atoms with Crippen LogP contribution in [0.15, 0.2) is 0 Å². The molecule has 0 bridgehead atoms. The van der Waals surface area contributed by atoms with Gasteiger partial charge >= 0.3 is 5.97 Å². The van der Waals surface area contributed by atoms with Gasteiger partial charge in [0.2, 0.25) is 0 Å². The van der Waals surface area contributed by atoms with Crippen LogP contribution in [0.2, 0.25) is 0 Å². The van der Waals surface area contributed by atoms with E-state index >= 15 is 0 Å². The van der Waals surface area contributed by atoms with Crippen LogP contribution in [0.5, 0.6) is 0 Å². The highest BCUT2D eigenvalue weighted by atomic mass is 16.5. The second kappa shape index (κ2) is 20.8. The molecule has 156 valence electrons. The molecule has 0 unspecified atom stereocenters. The quantitative estimate of drug-likeness (QED) is 0.160. The summed E-state index contributed by atoms with van der Waals surface area (Å²) in [6, 6.07) is 0. The summed E-state index contributed by atoms with van der Waals surface area (Å²) in [6.45, 7) is 7.31. The van der Waals surface area contributed by atoms with E-state index in [0.29, 0.717) is 18.9 Å². The molecule has 0 N–H and O–H groups in total. The number of hydrogen-bond acceptors (Lipinski definition) is 2. The van der Waals surface area contributed by atoms with Crippen molar-refractivity contribution in [1.82, 2.24) is 0 Å². The number of esters is 1. The predicted octanol–water partition coefficient (Wildman–Crippen LogP) is 8.23. The molecule has 0 aromatic carbocycles. The van der Waals surface area contributed by atoms with E-state index in [4.69, 9.17) is 4.74 Å². The molecule has 0 aromatic rings. The summed E-state index contributed by atoms with van der Waals surface area (Å²) >= 11 is 0. The minimum Gasteiger partial charge on any atom is -0.466 e. The third-order valence-electron chi connectivity index (χ3n) is 5.67. The van der Waals surface area contributed by atoms with Crippen LogP contribution in [0.1, 0.15) is 136 Å². The first-order valence-electron chi connectivity index (χ1n) is 11.9. The van der Waals surface area contributed by atoms with Crippen LogP contribution < -0.4 is 0 Å². The first-order chi connectivity index (χ1) is 12.7. The standard InChI is InChI=1S/C24H48O2/c1-4-7-8-9-10-11-12-13-14-15-16-17-18-19-22-26-24(25)21-20-23(5-2)6-3/h23H,4-22H2,1-3H3. The van der Waals surface area contributed by atoms with Gasteiger partial charge in [0.15, 0.2) is 0 Å². The number of carbonyl (C=O) groups excluding carboxylic acids is 1. The summed E-state index contributed by atoms with van der Waals surface area (Å²) in [6.07, 6.45) is 23.0. The van der Waals surface area contributed by atoms with Gasteiger partial charge in [-0.1, -0.05) is 117 Å². The maximum atomic E-state index is 11.7. The van der Waals surface area contributed by atoms with Crippen LogP contribution in [0, 0.1) is 5.92 Å². The molecule has 0 aliphatic rings. The lowest BCUT2D eigenvalue weighted by Crippen LogP contribution is -2.08. The van der Waals surface area contributed by atoms with Gasteiger partial charge in [-0.05, 0) is 18.8 Å². The highest BCUT2D eigenvalue weighted by Crippen LogP contribution is 2.15. The number of hydrogen-bond donors (Lipinski definition) is 0. The van der Waals surface area contributed by atoms with Crippen LogP contribution in [0.25, 0.3) is 0 Å². The van der Waals surface area contributed by atoms with Crippen LogP contribution in [0.4, 0.5) is 0 Å². The maximum Gasteiger partial charge on any atom is 0.305 e. The molecule has 0 aliphatic heterocycles. The lowest BCUT2D eigenvalue weighted by molar-refractivity contribution is -0.144. The van der Waals surface area contributed by atoms with Gasteiger partial charge in [-0.25, -0.2) is 0 Å². The van der Waals surface area contributed by atoms with E-state index in [1.165, 1.54) is 96.3 Å². The lowest BCUT2D eigenvalue weighted by atomic mass is 9.98. The van der Waals surface area contributed by atoms with Crippen molar-refractivity contribution in [2.45, 2.75) is 136 Å². The van der Waals surface area contributed by atoms with Gasteiger partial charge < -0.3 is 4.74 Å². The molecule has 0 fully saturated rings. The largest absolute Gasteiger partial charge is 0.466 e. The molecule has 0 radical (unpaired) electrons. The smallest absolute Gasteiger partial charge is 0.305 e. The number of carbonyl (C=O) groups is 1. The summed E-state index contributed by atoms with van der Waals surface area (Å²) in [5.74, 6) is 0.690. The van der Waals surface area contributed by atoms with Gasteiger partial charge in [-0.15, -0.1) is 0 Å². The molecule has 0 heterocycles. The predicted molar refractivity (Wildman–Crippen MR) is 115 cm³/mol. The van der Waals surface area contributed by atoms with Crippen molar-refractivity contribution in [3.05, 3.63) is 0 Å². The zero-order valence-electron chi connectivity index (χ0n) is 18.3. The first kappa shape index (κ1) is 25.5. The number of rotatable bonds is 20. The Bertz CT molecular complexity index is 284. The summed E-state index contributed by atoms with van der Waals surface area (Å²) in [7, 11) is 0. The van der Waals surface area contributed by atoms with Crippen LogP contribution >= 0.6 is 0 Å². The number of unbranched alkanes of at least 4 members (excludes halogenated alkanes) is 13. The monoisotopic (exact) mass is 368 g/mol. The van der Waals surface area contributed by atoms with Gasteiger partial charge in [0.25, 0.3) is 0 Å². The fourth-order valence-corrected chi connectivity index (χ4v) is 3.57. The molecule has 0 atom stereocenters. The van der Waals surface area contributed by atoms with Crippen molar-refractivity contribution in [1.29, 1.82) is 0 Å². The summed E-state index contributed by atoms with van der Waals surface area (Å²) in [5, 5.41) is 0. The van der Waals surface area contributed by atoms with E-state index in [1.807, 2.05) is 0 Å². The molecule has 2 nitrogen and oxygen atoms in total. The minimum absolute atomic E-state index is 0.00611. The van der Waals surface area contributed by atoms with Gasteiger partial charge in [0, 0.05) is 6.42 Å². The van der Waals surface area contributed by atoms with Gasteiger partial charge in [-0.2, -0.15) is 0 Å². The maximum absolute atomic E-state index is 11.7. The van der Waals surface area contributed by atoms with E-state index in [9.17, 15) is 4.79 Å². The zero-order chi connectivity index (χ0) is 19.3. The van der Waals surface area contributed by atoms with Gasteiger partial charge in [-0.3, -0.25) is 4.79 Å². The summed E-state index contributed by atoms with van der Waals surface area (Å²) in [4.78, 5) is 11.7. The van der Waals surface area contributed by atoms with E-state index in [-0.39, 0.29) is 5.97 Å². The third-order valence-corrected chi connectivity index (χ3v) is 5.67. The molecule has 0 aromatic heterocycles. The van der Waals surface area contributed by atoms with E-state index < -0.39 is 0 Å². The zero-order valence-corrected chi connectivity index (χ0v) is 18.3. The third kappa shape index (κ3) is 18.3. The Kier molecular flexibility index (Phi) is 20.4. The van der Waals surface area contributed by atoms with Gasteiger partial charge in [0.05, 0.1) is 6.61 Å². The minimum atomic E-state index is 0.00611. The van der Waals surface area contributed by atoms with Crippen molar-refractivity contribution in [2.75, 3.05) is 6.61 Å². The molecular formula is C24H48O2. The molecule has 26 heavy (non-hydrogen) atoms. The molecule has 0 spiro atoms. The Morgan fingerprint density at radius 2 is 1.08 bits per heavy atom. The van der Waals surface area contributed by atoms with E-state index in [1.54, 1.807) is 0 Å². The first-order valence-corrected chi connectivity index (χ1v) is 11.9. The summed E-state index contributed by atoms with van der Waals surface area (Å²) < 4.78 is 5.35. The van der Waals surface area contributed by atoms with Crippen molar-refractivity contribution >= 4 is 5.97 Å². The average Bonchev–Trinajstić information content (AvgIpc) is 2.65. The fraction of sp³-hybridized carbons (Fsp3) is 0.958. The van der Waals surface area contributed by atoms with Crippen molar-refractivity contribution < 1.29 is 9.53 Å². The van der Waals surface area contributed by atoms with Crippen LogP contribution in [0.3, 0.4) is 0 Å². The SMILES string of the molecule is CCCCCCCCCCCCCCCCOC(=O)CCC(CC)CC. The summed E-state index contributed by atoms with van der Waals surface area (Å²) in [5.41, 5.74) is 0. The number of ether oxygens (including phenoxy) is 1. The molecular weight excluding hydrogens is 320 g/mol. The highest BCUT2D eigenvalue weighted by molar-refractivity contribution is 5.69. The Balaban J connectivity index is 3.18. The van der Waals surface area contributed by atoms with Crippen molar-refractivity contribution in [3.8, 4) is 0 Å². The lowest BCUT2D eigenvalue weighted by Gasteiger charge is -2.11. The average molecular weight is 369 g/mol. The molecule has 0 aliphatic carbocycles. The van der Waals surface area contributed by atoms with E-state index in [2.05, 4.69) is 20.8 Å². The second-order valence-electron chi connectivity index (χ2n) is 8.04. The van der Waals surface area contributed by atoms with E-state index in [0.717, 1.165) is 12.8 Å². The van der Waals surface area contributed by atoms with Crippen molar-refractivity contribution in [3.63, 3.8) is 0 Å². The topological polar surface area (TPSA) is 26.3 Å². The highest BCUT2D eigenvalue weighted by Gasteiger charge is 2.08. The Hall–Kier alpha value is -0.530. The molecule has 2 heteroatoms. The molecule has 0 amide bonds. The molecule has 0 saturated carbocycles. The fourth-order valence-electron chi connectivity index (χ4n) is 3.57. The Labute approximate surface area is 164 Å². The Morgan fingerprint density at radius 1 is 0.654 bits per heavy atom. The molecule has 0 rings (SSSR count). The van der Waals surface area contributed by atoms with Crippen LogP contribution in [-0.2, 0) is 9.53 Å². The Morgan fingerprint density at radius 3 is 1.50 bits per heavy atom. The van der Waals surface area contributed by atoms with Crippen molar-refractivity contribution in [2.24, 2.45) is 5.92 Å². The van der Waals surface area contributed by atoms with Crippen LogP contribution in [-0.4, -0.2) is 12.6 Å². The molecule has 0 saturated heterocycles. The second-order valence-corrected chi connectivity index (χ2v) is 8.04. The normalized spacial score (nSPS) is 11.2.